The topological polar surface area (TPSA) is 71.8 Å². The summed E-state index contributed by atoms with van der Waals surface area (Å²) in [7, 11) is 0. The molecule has 0 amide bonds. The molecule has 0 aliphatic heterocycles. The van der Waals surface area contributed by atoms with E-state index in [0.29, 0.717) is 32.3 Å². The molecule has 8 heteroatoms. The lowest BCUT2D eigenvalue weighted by Crippen LogP contribution is -2.03. The fourth-order valence-corrected chi connectivity index (χ4v) is 2.95. The van der Waals surface area contributed by atoms with Crippen molar-refractivity contribution >= 4 is 40.7 Å². The average Bonchev–Trinajstić information content (AvgIpc) is 3.16. The zero-order chi connectivity index (χ0) is 15.5. The number of hydrogen-bond donors (Lipinski definition) is 1. The summed E-state index contributed by atoms with van der Waals surface area (Å²) in [5.41, 5.74) is 0.431. The summed E-state index contributed by atoms with van der Waals surface area (Å²) < 4.78 is 5.21. The van der Waals surface area contributed by atoms with Crippen molar-refractivity contribution in [3.8, 4) is 11.6 Å². The molecule has 0 aliphatic carbocycles. The minimum Gasteiger partial charge on any atom is -0.461 e. The lowest BCUT2D eigenvalue weighted by atomic mass is 10.1. The molecule has 1 aromatic carbocycles. The van der Waals surface area contributed by atoms with Crippen molar-refractivity contribution in [2.75, 3.05) is 5.75 Å². The molecule has 2 heterocycles. The van der Waals surface area contributed by atoms with Gasteiger partial charge in [0.05, 0.1) is 17.0 Å². The molecule has 0 radical (unpaired) electrons. The Morgan fingerprint density at radius 3 is 2.91 bits per heavy atom. The summed E-state index contributed by atoms with van der Waals surface area (Å²) in [5, 5.41) is 8.09. The molecule has 22 heavy (non-hydrogen) atoms. The van der Waals surface area contributed by atoms with Gasteiger partial charge in [-0.05, 0) is 30.3 Å². The fourth-order valence-electron chi connectivity index (χ4n) is 1.76. The van der Waals surface area contributed by atoms with Crippen LogP contribution in [-0.4, -0.2) is 26.7 Å². The van der Waals surface area contributed by atoms with E-state index in [9.17, 15) is 4.79 Å². The second kappa shape index (κ2) is 6.56. The fraction of sp³-hybridized carbons (Fsp3) is 0.0714. The van der Waals surface area contributed by atoms with E-state index in [0.717, 1.165) is 0 Å². The van der Waals surface area contributed by atoms with Crippen LogP contribution in [0, 0.1) is 0 Å². The lowest BCUT2D eigenvalue weighted by Gasteiger charge is -2.02. The second-order valence-electron chi connectivity index (χ2n) is 4.28. The summed E-state index contributed by atoms with van der Waals surface area (Å²) in [5.74, 6) is 1.17. The maximum absolute atomic E-state index is 12.2. The highest BCUT2D eigenvalue weighted by Gasteiger charge is 2.14. The van der Waals surface area contributed by atoms with Crippen molar-refractivity contribution < 1.29 is 9.21 Å². The van der Waals surface area contributed by atoms with E-state index < -0.39 is 0 Å². The Hall–Kier alpha value is -1.76. The zero-order valence-corrected chi connectivity index (χ0v) is 13.4. The number of carbonyl (C=O) groups is 1. The van der Waals surface area contributed by atoms with E-state index in [1.807, 2.05) is 0 Å². The third kappa shape index (κ3) is 3.35. The number of ketones is 1. The number of hydrogen-bond acceptors (Lipinski definition) is 5. The van der Waals surface area contributed by atoms with Crippen molar-refractivity contribution in [3.05, 3.63) is 52.2 Å². The Labute approximate surface area is 140 Å². The summed E-state index contributed by atoms with van der Waals surface area (Å²) >= 11 is 13.0. The molecule has 0 spiro atoms. The summed E-state index contributed by atoms with van der Waals surface area (Å²) in [6.07, 6.45) is 1.55. The first-order valence-electron chi connectivity index (χ1n) is 6.21. The maximum Gasteiger partial charge on any atom is 0.209 e. The summed E-state index contributed by atoms with van der Waals surface area (Å²) in [6, 6.07) is 8.32. The maximum atomic E-state index is 12.2. The molecular weight excluding hydrogens is 345 g/mol. The van der Waals surface area contributed by atoms with Crippen molar-refractivity contribution in [2.24, 2.45) is 0 Å². The van der Waals surface area contributed by atoms with Gasteiger partial charge in [-0.1, -0.05) is 35.0 Å². The minimum atomic E-state index is -0.115. The normalized spacial score (nSPS) is 10.8. The summed E-state index contributed by atoms with van der Waals surface area (Å²) in [6.45, 7) is 0. The first kappa shape index (κ1) is 15.1. The van der Waals surface area contributed by atoms with Crippen LogP contribution in [0.3, 0.4) is 0 Å². The largest absolute Gasteiger partial charge is 0.461 e. The molecule has 3 rings (SSSR count). The number of nitrogens with zero attached hydrogens (tertiary/aromatic N) is 2. The molecule has 3 aromatic rings. The zero-order valence-electron chi connectivity index (χ0n) is 11.0. The second-order valence-corrected chi connectivity index (χ2v) is 6.07. The Balaban J connectivity index is 1.66. The van der Waals surface area contributed by atoms with Crippen LogP contribution in [-0.2, 0) is 0 Å². The Kier molecular flexibility index (Phi) is 4.52. The number of H-pyrrole nitrogens is 1. The highest BCUT2D eigenvalue weighted by atomic mass is 35.5. The van der Waals surface area contributed by atoms with Gasteiger partial charge in [0.25, 0.3) is 0 Å². The van der Waals surface area contributed by atoms with Crippen molar-refractivity contribution in [2.45, 2.75) is 5.16 Å². The van der Waals surface area contributed by atoms with E-state index in [4.69, 9.17) is 27.6 Å². The molecule has 1 N–H and O–H groups in total. The van der Waals surface area contributed by atoms with Gasteiger partial charge in [0, 0.05) is 10.6 Å². The highest BCUT2D eigenvalue weighted by molar-refractivity contribution is 7.99. The number of Topliss-reactive ketones (excluding diaryl/α,β-unsaturated/α-hetero) is 1. The predicted molar refractivity (Wildman–Crippen MR) is 85.6 cm³/mol. The number of benzene rings is 1. The molecule has 0 bridgehead atoms. The highest BCUT2D eigenvalue weighted by Crippen LogP contribution is 2.24. The lowest BCUT2D eigenvalue weighted by molar-refractivity contribution is 0.102. The average molecular weight is 354 g/mol. The van der Waals surface area contributed by atoms with Crippen molar-refractivity contribution in [3.63, 3.8) is 0 Å². The molecule has 0 aliphatic rings. The van der Waals surface area contributed by atoms with Gasteiger partial charge in [-0.3, -0.25) is 9.89 Å². The standard InChI is InChI=1S/C14H9Cl2N3O2S/c15-8-3-4-9(10(16)6-8)11(20)7-22-14-17-13(18-19-14)12-2-1-5-21-12/h1-6H,7H2,(H,17,18,19). The number of carbonyl (C=O) groups excluding carboxylic acids is 1. The molecule has 0 unspecified atom stereocenters. The molecule has 0 atom stereocenters. The Bertz CT molecular complexity index is 802. The van der Waals surface area contributed by atoms with Gasteiger partial charge in [0.2, 0.25) is 5.16 Å². The summed E-state index contributed by atoms with van der Waals surface area (Å²) in [4.78, 5) is 16.4. The first-order chi connectivity index (χ1) is 10.6. The van der Waals surface area contributed by atoms with E-state index in [2.05, 4.69) is 15.2 Å². The van der Waals surface area contributed by atoms with Gasteiger partial charge >= 0.3 is 0 Å². The van der Waals surface area contributed by atoms with Crippen LogP contribution in [0.1, 0.15) is 10.4 Å². The van der Waals surface area contributed by atoms with Crippen molar-refractivity contribution in [1.82, 2.24) is 15.2 Å². The van der Waals surface area contributed by atoms with Gasteiger partial charge in [0.1, 0.15) is 0 Å². The van der Waals surface area contributed by atoms with E-state index in [-0.39, 0.29) is 11.5 Å². The molecule has 2 aromatic heterocycles. The smallest absolute Gasteiger partial charge is 0.209 e. The monoisotopic (exact) mass is 353 g/mol. The van der Waals surface area contributed by atoms with Crippen molar-refractivity contribution in [1.29, 1.82) is 0 Å². The SMILES string of the molecule is O=C(CSc1n[nH]c(-c2ccco2)n1)c1ccc(Cl)cc1Cl. The predicted octanol–water partition coefficient (Wildman–Crippen LogP) is 4.35. The number of aromatic amines is 1. The number of rotatable bonds is 5. The van der Waals surface area contributed by atoms with Gasteiger partial charge in [-0.25, -0.2) is 0 Å². The third-order valence-corrected chi connectivity index (χ3v) is 4.18. The van der Waals surface area contributed by atoms with Crippen LogP contribution in [0.4, 0.5) is 0 Å². The van der Waals surface area contributed by atoms with E-state index >= 15 is 0 Å². The molecule has 0 fully saturated rings. The van der Waals surface area contributed by atoms with Crippen LogP contribution in [0.15, 0.2) is 46.2 Å². The molecule has 112 valence electrons. The Morgan fingerprint density at radius 2 is 2.18 bits per heavy atom. The van der Waals surface area contributed by atoms with Crippen LogP contribution in [0.5, 0.6) is 0 Å². The third-order valence-electron chi connectivity index (χ3n) is 2.78. The number of aromatic nitrogens is 3. The first-order valence-corrected chi connectivity index (χ1v) is 7.95. The minimum absolute atomic E-state index is 0.115. The van der Waals surface area contributed by atoms with E-state index in [1.54, 1.807) is 36.6 Å². The molecule has 5 nitrogen and oxygen atoms in total. The number of nitrogens with one attached hydrogen (secondary N) is 1. The number of halogens is 2. The van der Waals surface area contributed by atoms with Gasteiger partial charge in [-0.2, -0.15) is 4.98 Å². The molecule has 0 saturated carbocycles. The van der Waals surface area contributed by atoms with Crippen LogP contribution in [0.2, 0.25) is 10.0 Å². The molecular formula is C14H9Cl2N3O2S. The van der Waals surface area contributed by atoms with Crippen LogP contribution in [0.25, 0.3) is 11.6 Å². The van der Waals surface area contributed by atoms with Crippen LogP contribution >= 0.6 is 35.0 Å². The Morgan fingerprint density at radius 1 is 1.32 bits per heavy atom. The van der Waals surface area contributed by atoms with Gasteiger partial charge in [0.15, 0.2) is 17.4 Å². The van der Waals surface area contributed by atoms with Gasteiger partial charge in [-0.15, -0.1) is 5.10 Å². The quantitative estimate of drug-likeness (QED) is 0.545. The van der Waals surface area contributed by atoms with Crippen LogP contribution < -0.4 is 0 Å². The van der Waals surface area contributed by atoms with E-state index in [1.165, 1.54) is 11.8 Å². The number of thioether (sulfide) groups is 1. The number of furan rings is 1. The molecule has 0 saturated heterocycles. The van der Waals surface area contributed by atoms with Gasteiger partial charge < -0.3 is 4.42 Å².